The molecule has 5 nitrogen and oxygen atoms in total. The molecule has 0 bridgehead atoms. The Morgan fingerprint density at radius 2 is 1.85 bits per heavy atom. The molecule has 0 aromatic heterocycles. The van der Waals surface area contributed by atoms with Crippen molar-refractivity contribution in [3.05, 3.63) is 17.2 Å². The van der Waals surface area contributed by atoms with Gasteiger partial charge in [0, 0.05) is 5.56 Å². The lowest BCUT2D eigenvalue weighted by Gasteiger charge is -2.15. The van der Waals surface area contributed by atoms with E-state index >= 15 is 0 Å². The molecule has 110 valence electrons. The van der Waals surface area contributed by atoms with E-state index in [2.05, 4.69) is 6.92 Å². The maximum atomic E-state index is 12.1. The lowest BCUT2D eigenvalue weighted by atomic mass is 9.99. The van der Waals surface area contributed by atoms with Gasteiger partial charge < -0.3 is 18.9 Å². The van der Waals surface area contributed by atoms with Crippen molar-refractivity contribution in [2.75, 3.05) is 21.3 Å². The number of fused-ring (bicyclic) bond motifs is 1. The zero-order chi connectivity index (χ0) is 14.7. The van der Waals surface area contributed by atoms with Gasteiger partial charge in [-0.05, 0) is 18.9 Å². The Bertz CT molecular complexity index is 509. The third-order valence-electron chi connectivity index (χ3n) is 3.48. The van der Waals surface area contributed by atoms with Gasteiger partial charge in [-0.3, -0.25) is 0 Å². The van der Waals surface area contributed by atoms with Crippen LogP contribution in [0.25, 0.3) is 0 Å². The summed E-state index contributed by atoms with van der Waals surface area (Å²) >= 11 is 0. The maximum absolute atomic E-state index is 12.1. The van der Waals surface area contributed by atoms with Crippen molar-refractivity contribution >= 4 is 5.97 Å². The monoisotopic (exact) mass is 280 g/mol. The van der Waals surface area contributed by atoms with Gasteiger partial charge in [0.1, 0.15) is 11.7 Å². The quantitative estimate of drug-likeness (QED) is 0.749. The lowest BCUT2D eigenvalue weighted by molar-refractivity contribution is 0.0362. The molecule has 0 fully saturated rings. The van der Waals surface area contributed by atoms with Crippen LogP contribution in [0.2, 0.25) is 0 Å². The zero-order valence-corrected chi connectivity index (χ0v) is 12.3. The van der Waals surface area contributed by atoms with E-state index < -0.39 is 0 Å². The molecule has 0 spiro atoms. The number of cyclic esters (lactones) is 1. The van der Waals surface area contributed by atoms with Crippen LogP contribution in [0.5, 0.6) is 17.2 Å². The van der Waals surface area contributed by atoms with E-state index in [0.717, 1.165) is 24.8 Å². The molecule has 1 unspecified atom stereocenters. The Hall–Kier alpha value is -1.91. The van der Waals surface area contributed by atoms with Gasteiger partial charge in [-0.25, -0.2) is 4.79 Å². The molecular weight excluding hydrogens is 260 g/mol. The first-order valence-corrected chi connectivity index (χ1v) is 6.71. The number of ether oxygens (including phenoxy) is 4. The van der Waals surface area contributed by atoms with Crippen LogP contribution in [-0.2, 0) is 4.74 Å². The average Bonchev–Trinajstić information content (AvgIpc) is 2.79. The van der Waals surface area contributed by atoms with E-state index in [9.17, 15) is 4.79 Å². The standard InChI is InChI=1S/C15H20O5/c1-5-6-7-10-9-8-11(17-2)13(18-3)14(19-4)12(9)15(16)20-10/h8,10H,5-7H2,1-4H3. The maximum Gasteiger partial charge on any atom is 0.343 e. The van der Waals surface area contributed by atoms with Crippen molar-refractivity contribution in [1.29, 1.82) is 0 Å². The molecule has 1 aliphatic heterocycles. The lowest BCUT2D eigenvalue weighted by Crippen LogP contribution is -2.02. The van der Waals surface area contributed by atoms with Crippen molar-refractivity contribution in [3.63, 3.8) is 0 Å². The third kappa shape index (κ3) is 2.28. The van der Waals surface area contributed by atoms with Gasteiger partial charge in [-0.2, -0.15) is 0 Å². The minimum Gasteiger partial charge on any atom is -0.493 e. The Morgan fingerprint density at radius 3 is 2.40 bits per heavy atom. The van der Waals surface area contributed by atoms with Crippen molar-refractivity contribution in [3.8, 4) is 17.2 Å². The van der Waals surface area contributed by atoms with E-state index in [1.54, 1.807) is 7.11 Å². The van der Waals surface area contributed by atoms with Gasteiger partial charge in [-0.1, -0.05) is 13.3 Å². The summed E-state index contributed by atoms with van der Waals surface area (Å²) in [7, 11) is 4.58. The summed E-state index contributed by atoms with van der Waals surface area (Å²) in [6, 6.07) is 1.81. The van der Waals surface area contributed by atoms with Crippen LogP contribution in [-0.4, -0.2) is 27.3 Å². The van der Waals surface area contributed by atoms with E-state index in [-0.39, 0.29) is 12.1 Å². The zero-order valence-electron chi connectivity index (χ0n) is 12.3. The fourth-order valence-corrected chi connectivity index (χ4v) is 2.50. The third-order valence-corrected chi connectivity index (χ3v) is 3.48. The van der Waals surface area contributed by atoms with E-state index in [1.807, 2.05) is 6.07 Å². The Balaban J connectivity index is 2.54. The van der Waals surface area contributed by atoms with Crippen molar-refractivity contribution < 1.29 is 23.7 Å². The highest BCUT2D eigenvalue weighted by Gasteiger charge is 2.37. The summed E-state index contributed by atoms with van der Waals surface area (Å²) in [6.07, 6.45) is 2.61. The number of benzene rings is 1. The van der Waals surface area contributed by atoms with Gasteiger partial charge in [0.15, 0.2) is 11.5 Å². The normalized spacial score (nSPS) is 16.6. The second kappa shape index (κ2) is 6.03. The van der Waals surface area contributed by atoms with Gasteiger partial charge in [0.25, 0.3) is 0 Å². The van der Waals surface area contributed by atoms with Gasteiger partial charge in [-0.15, -0.1) is 0 Å². The molecule has 1 aromatic carbocycles. The first-order valence-electron chi connectivity index (χ1n) is 6.71. The molecule has 1 aliphatic rings. The van der Waals surface area contributed by atoms with Crippen LogP contribution in [0, 0.1) is 0 Å². The molecule has 1 atom stereocenters. The fraction of sp³-hybridized carbons (Fsp3) is 0.533. The average molecular weight is 280 g/mol. The topological polar surface area (TPSA) is 54.0 Å². The number of hydrogen-bond donors (Lipinski definition) is 0. The molecule has 0 saturated carbocycles. The number of carbonyl (C=O) groups excluding carboxylic acids is 1. The fourth-order valence-electron chi connectivity index (χ4n) is 2.50. The molecule has 0 amide bonds. The van der Waals surface area contributed by atoms with Crippen LogP contribution >= 0.6 is 0 Å². The van der Waals surface area contributed by atoms with Crippen molar-refractivity contribution in [2.45, 2.75) is 32.3 Å². The molecule has 1 aromatic rings. The minimum absolute atomic E-state index is 0.230. The van der Waals surface area contributed by atoms with Crippen LogP contribution in [0.3, 0.4) is 0 Å². The number of hydrogen-bond acceptors (Lipinski definition) is 5. The summed E-state index contributed by atoms with van der Waals surface area (Å²) in [5, 5.41) is 0. The number of esters is 1. The SMILES string of the molecule is CCCCC1OC(=O)c2c1cc(OC)c(OC)c2OC. The molecular formula is C15H20O5. The highest BCUT2D eigenvalue weighted by atomic mass is 16.6. The predicted octanol–water partition coefficient (Wildman–Crippen LogP) is 3.11. The number of rotatable bonds is 6. The number of methoxy groups -OCH3 is 3. The van der Waals surface area contributed by atoms with Crippen LogP contribution in [0.1, 0.15) is 48.2 Å². The van der Waals surface area contributed by atoms with E-state index in [1.165, 1.54) is 14.2 Å². The van der Waals surface area contributed by atoms with Crippen molar-refractivity contribution in [1.82, 2.24) is 0 Å². The molecule has 20 heavy (non-hydrogen) atoms. The van der Waals surface area contributed by atoms with Gasteiger partial charge >= 0.3 is 5.97 Å². The molecule has 0 radical (unpaired) electrons. The number of carbonyl (C=O) groups is 1. The molecule has 0 aliphatic carbocycles. The largest absolute Gasteiger partial charge is 0.493 e. The van der Waals surface area contributed by atoms with Crippen LogP contribution in [0.15, 0.2) is 6.07 Å². The smallest absolute Gasteiger partial charge is 0.343 e. The summed E-state index contributed by atoms with van der Waals surface area (Å²) < 4.78 is 21.4. The van der Waals surface area contributed by atoms with Crippen molar-refractivity contribution in [2.24, 2.45) is 0 Å². The Kier molecular flexibility index (Phi) is 4.37. The summed E-state index contributed by atoms with van der Waals surface area (Å²) in [4.78, 5) is 12.1. The summed E-state index contributed by atoms with van der Waals surface area (Å²) in [5.41, 5.74) is 1.27. The highest BCUT2D eigenvalue weighted by molar-refractivity contribution is 5.98. The first kappa shape index (κ1) is 14.5. The van der Waals surface area contributed by atoms with Gasteiger partial charge in [0.05, 0.1) is 21.3 Å². The van der Waals surface area contributed by atoms with E-state index in [0.29, 0.717) is 22.8 Å². The Labute approximate surface area is 118 Å². The Morgan fingerprint density at radius 1 is 1.15 bits per heavy atom. The second-order valence-electron chi connectivity index (χ2n) is 4.65. The molecule has 0 saturated heterocycles. The second-order valence-corrected chi connectivity index (χ2v) is 4.65. The first-order chi connectivity index (χ1) is 9.67. The minimum atomic E-state index is -0.362. The van der Waals surface area contributed by atoms with Crippen LogP contribution < -0.4 is 14.2 Å². The number of unbranched alkanes of at least 4 members (excludes halogenated alkanes) is 1. The van der Waals surface area contributed by atoms with Gasteiger partial charge in [0.2, 0.25) is 5.75 Å². The molecule has 5 heteroatoms. The van der Waals surface area contributed by atoms with Crippen LogP contribution in [0.4, 0.5) is 0 Å². The predicted molar refractivity (Wildman–Crippen MR) is 73.8 cm³/mol. The summed E-state index contributed by atoms with van der Waals surface area (Å²) in [5.74, 6) is 0.981. The molecule has 1 heterocycles. The molecule has 2 rings (SSSR count). The summed E-state index contributed by atoms with van der Waals surface area (Å²) in [6.45, 7) is 2.10. The van der Waals surface area contributed by atoms with E-state index in [4.69, 9.17) is 18.9 Å². The highest BCUT2D eigenvalue weighted by Crippen LogP contribution is 2.48. The molecule has 0 N–H and O–H groups in total.